The van der Waals surface area contributed by atoms with Gasteiger partial charge in [-0.15, -0.1) is 11.8 Å². The highest BCUT2D eigenvalue weighted by Gasteiger charge is 2.32. The zero-order chi connectivity index (χ0) is 19.6. The number of benzene rings is 2. The molecular weight excluding hydrogens is 380 g/mol. The number of carbonyl (C=O) groups excluding carboxylic acids is 2. The van der Waals surface area contributed by atoms with Crippen molar-refractivity contribution in [1.82, 2.24) is 10.2 Å². The summed E-state index contributed by atoms with van der Waals surface area (Å²) in [5.74, 6) is 0.488. The Morgan fingerprint density at radius 1 is 1.15 bits per heavy atom. The molecule has 1 aliphatic rings. The van der Waals surface area contributed by atoms with Gasteiger partial charge in [-0.25, -0.2) is 0 Å². The Hall–Kier alpha value is -1.98. The lowest BCUT2D eigenvalue weighted by molar-refractivity contribution is -0.128. The maximum absolute atomic E-state index is 12.4. The van der Waals surface area contributed by atoms with E-state index in [2.05, 4.69) is 5.32 Å². The van der Waals surface area contributed by atoms with Gasteiger partial charge in [0.2, 0.25) is 5.91 Å². The Bertz CT molecular complexity index is 829. The first kappa shape index (κ1) is 19.8. The number of hydrogen-bond donors (Lipinski definition) is 1. The molecular formula is C21H23ClN2O2S. The molecule has 27 heavy (non-hydrogen) atoms. The van der Waals surface area contributed by atoms with Crippen LogP contribution in [0.4, 0.5) is 0 Å². The smallest absolute Gasteiger partial charge is 0.251 e. The number of hydrogen-bond acceptors (Lipinski definition) is 3. The van der Waals surface area contributed by atoms with Crippen LogP contribution >= 0.6 is 23.4 Å². The second-order valence-electron chi connectivity index (χ2n) is 7.64. The fraction of sp³-hybridized carbons (Fsp3) is 0.333. The molecule has 0 spiro atoms. The summed E-state index contributed by atoms with van der Waals surface area (Å²) in [6, 6.07) is 15.1. The number of carbonyl (C=O) groups is 2. The van der Waals surface area contributed by atoms with E-state index in [-0.39, 0.29) is 22.7 Å². The third-order valence-electron chi connectivity index (χ3n) is 4.18. The van der Waals surface area contributed by atoms with Crippen molar-refractivity contribution in [3.05, 3.63) is 70.2 Å². The van der Waals surface area contributed by atoms with Crippen molar-refractivity contribution in [3.63, 3.8) is 0 Å². The van der Waals surface area contributed by atoms with Crippen molar-refractivity contribution < 1.29 is 9.59 Å². The van der Waals surface area contributed by atoms with Gasteiger partial charge >= 0.3 is 0 Å². The van der Waals surface area contributed by atoms with Crippen LogP contribution in [0.2, 0.25) is 5.02 Å². The van der Waals surface area contributed by atoms with Gasteiger partial charge in [0.15, 0.2) is 0 Å². The van der Waals surface area contributed by atoms with E-state index in [0.29, 0.717) is 22.9 Å². The fourth-order valence-corrected chi connectivity index (χ4v) is 4.21. The Labute approximate surface area is 169 Å². The van der Waals surface area contributed by atoms with Crippen molar-refractivity contribution in [2.45, 2.75) is 38.2 Å². The zero-order valence-corrected chi connectivity index (χ0v) is 17.2. The van der Waals surface area contributed by atoms with E-state index in [1.807, 2.05) is 74.2 Å². The zero-order valence-electron chi connectivity index (χ0n) is 15.7. The summed E-state index contributed by atoms with van der Waals surface area (Å²) in [6.45, 7) is 6.40. The van der Waals surface area contributed by atoms with Gasteiger partial charge in [-0.05, 0) is 56.2 Å². The second kappa shape index (κ2) is 7.95. The first-order valence-electron chi connectivity index (χ1n) is 8.81. The van der Waals surface area contributed by atoms with Gasteiger partial charge in [-0.2, -0.15) is 0 Å². The summed E-state index contributed by atoms with van der Waals surface area (Å²) in [5.41, 5.74) is 2.40. The van der Waals surface area contributed by atoms with Gasteiger partial charge in [0.05, 0.1) is 5.75 Å². The van der Waals surface area contributed by atoms with Crippen LogP contribution in [0.25, 0.3) is 0 Å². The van der Waals surface area contributed by atoms with Crippen molar-refractivity contribution in [2.24, 2.45) is 0 Å². The van der Waals surface area contributed by atoms with E-state index >= 15 is 0 Å². The predicted octanol–water partition coefficient (Wildman–Crippen LogP) is 4.64. The molecule has 1 N–H and O–H groups in total. The lowest BCUT2D eigenvalue weighted by atomic mass is 10.1. The molecule has 0 aliphatic carbocycles. The van der Waals surface area contributed by atoms with E-state index in [0.717, 1.165) is 11.1 Å². The summed E-state index contributed by atoms with van der Waals surface area (Å²) >= 11 is 7.55. The molecule has 1 saturated heterocycles. The summed E-state index contributed by atoms with van der Waals surface area (Å²) in [4.78, 5) is 26.5. The molecule has 1 aliphatic heterocycles. The Morgan fingerprint density at radius 3 is 2.37 bits per heavy atom. The van der Waals surface area contributed by atoms with Gasteiger partial charge in [0.25, 0.3) is 5.91 Å². The third-order valence-corrected chi connectivity index (χ3v) is 5.69. The predicted molar refractivity (Wildman–Crippen MR) is 111 cm³/mol. The van der Waals surface area contributed by atoms with Gasteiger partial charge in [-0.3, -0.25) is 9.59 Å². The van der Waals surface area contributed by atoms with Crippen LogP contribution < -0.4 is 5.32 Å². The summed E-state index contributed by atoms with van der Waals surface area (Å²) in [5, 5.41) is 3.59. The van der Waals surface area contributed by atoms with Crippen molar-refractivity contribution >= 4 is 35.2 Å². The maximum atomic E-state index is 12.4. The molecule has 2 aromatic carbocycles. The summed E-state index contributed by atoms with van der Waals surface area (Å²) < 4.78 is 0. The number of amides is 2. The quantitative estimate of drug-likeness (QED) is 0.810. The van der Waals surface area contributed by atoms with Gasteiger partial charge in [0, 0.05) is 22.7 Å². The van der Waals surface area contributed by atoms with Crippen LogP contribution in [0.5, 0.6) is 0 Å². The molecule has 3 rings (SSSR count). The van der Waals surface area contributed by atoms with Crippen LogP contribution in [-0.2, 0) is 11.3 Å². The first-order chi connectivity index (χ1) is 12.7. The molecule has 0 bridgehead atoms. The average molecular weight is 403 g/mol. The second-order valence-corrected chi connectivity index (χ2v) is 9.14. The van der Waals surface area contributed by atoms with E-state index < -0.39 is 0 Å². The molecule has 0 unspecified atom stereocenters. The van der Waals surface area contributed by atoms with Crippen molar-refractivity contribution in [1.29, 1.82) is 0 Å². The number of halogens is 1. The number of thioether (sulfide) groups is 1. The van der Waals surface area contributed by atoms with E-state index in [9.17, 15) is 9.59 Å². The molecule has 142 valence electrons. The minimum Gasteiger partial charge on any atom is -0.347 e. The first-order valence-corrected chi connectivity index (χ1v) is 10.2. The molecule has 6 heteroatoms. The third kappa shape index (κ3) is 5.05. The Balaban J connectivity index is 1.75. The lowest BCUT2D eigenvalue weighted by Crippen LogP contribution is -2.40. The van der Waals surface area contributed by atoms with Crippen LogP contribution in [0.1, 0.15) is 47.6 Å². The standard InChI is InChI=1S/C21H23ClN2O2S/c1-21(2,3)23-19(26)15-6-8-16(9-7-15)20-24(18(25)13-27-20)12-14-4-10-17(22)11-5-14/h4-11,20H,12-13H2,1-3H3,(H,23,26)/t20-/m1/s1. The molecule has 1 fully saturated rings. The largest absolute Gasteiger partial charge is 0.347 e. The highest BCUT2D eigenvalue weighted by atomic mass is 35.5. The van der Waals surface area contributed by atoms with Crippen LogP contribution in [0, 0.1) is 0 Å². The SMILES string of the molecule is CC(C)(C)NC(=O)c1ccc([C@H]2SCC(=O)N2Cc2ccc(Cl)cc2)cc1. The average Bonchev–Trinajstić information content (AvgIpc) is 2.96. The van der Waals surface area contributed by atoms with Crippen LogP contribution in [0.3, 0.4) is 0 Å². The van der Waals surface area contributed by atoms with Crippen LogP contribution in [0.15, 0.2) is 48.5 Å². The minimum atomic E-state index is -0.279. The van der Waals surface area contributed by atoms with Crippen molar-refractivity contribution in [2.75, 3.05) is 5.75 Å². The van der Waals surface area contributed by atoms with E-state index in [4.69, 9.17) is 11.6 Å². The topological polar surface area (TPSA) is 49.4 Å². The minimum absolute atomic E-state index is 0.0482. The highest BCUT2D eigenvalue weighted by Crippen LogP contribution is 2.39. The Kier molecular flexibility index (Phi) is 5.82. The van der Waals surface area contributed by atoms with Crippen LogP contribution in [-0.4, -0.2) is 28.0 Å². The monoisotopic (exact) mass is 402 g/mol. The van der Waals surface area contributed by atoms with Crippen molar-refractivity contribution in [3.8, 4) is 0 Å². The fourth-order valence-electron chi connectivity index (χ4n) is 2.90. The molecule has 0 aromatic heterocycles. The molecule has 1 atom stereocenters. The number of rotatable bonds is 4. The Morgan fingerprint density at radius 2 is 1.78 bits per heavy atom. The molecule has 0 radical (unpaired) electrons. The molecule has 4 nitrogen and oxygen atoms in total. The van der Waals surface area contributed by atoms with Gasteiger partial charge in [-0.1, -0.05) is 35.9 Å². The number of nitrogens with zero attached hydrogens (tertiary/aromatic N) is 1. The summed E-state index contributed by atoms with van der Waals surface area (Å²) in [7, 11) is 0. The maximum Gasteiger partial charge on any atom is 0.251 e. The molecule has 2 amide bonds. The molecule has 0 saturated carbocycles. The van der Waals surface area contributed by atoms with Gasteiger partial charge < -0.3 is 10.2 Å². The molecule has 2 aromatic rings. The highest BCUT2D eigenvalue weighted by molar-refractivity contribution is 8.00. The number of nitrogens with one attached hydrogen (secondary N) is 1. The van der Waals surface area contributed by atoms with E-state index in [1.165, 1.54) is 0 Å². The molecule has 1 heterocycles. The van der Waals surface area contributed by atoms with Gasteiger partial charge in [0.1, 0.15) is 5.37 Å². The normalized spacial score (nSPS) is 17.3. The lowest BCUT2D eigenvalue weighted by Gasteiger charge is -2.25. The summed E-state index contributed by atoms with van der Waals surface area (Å²) in [6.07, 6.45) is 0. The van der Waals surface area contributed by atoms with E-state index in [1.54, 1.807) is 11.8 Å².